The smallest absolute Gasteiger partial charge is 0.221 e. The molecule has 0 aliphatic carbocycles. The first-order valence-electron chi connectivity index (χ1n) is 5.27. The van der Waals surface area contributed by atoms with Crippen LogP contribution in [0.2, 0.25) is 0 Å². The highest BCUT2D eigenvalue weighted by atomic mass is 16.3. The van der Waals surface area contributed by atoms with Crippen molar-refractivity contribution in [2.24, 2.45) is 5.73 Å². The predicted molar refractivity (Wildman–Crippen MR) is 58.2 cm³/mol. The van der Waals surface area contributed by atoms with Crippen LogP contribution in [0.4, 0.5) is 0 Å². The van der Waals surface area contributed by atoms with E-state index in [-0.39, 0.29) is 31.5 Å². The minimum absolute atomic E-state index is 0.0428. The zero-order chi connectivity index (χ0) is 11.9. The Morgan fingerprint density at radius 3 is 2.67 bits per heavy atom. The van der Waals surface area contributed by atoms with Gasteiger partial charge in [0.1, 0.15) is 5.60 Å². The lowest BCUT2D eigenvalue weighted by Crippen LogP contribution is -2.44. The molecule has 1 amide bonds. The first kappa shape index (κ1) is 14.3. The predicted octanol–water partition coefficient (Wildman–Crippen LogP) is -0.637. The van der Waals surface area contributed by atoms with Gasteiger partial charge in [-0.15, -0.1) is 0 Å². The third-order valence-electron chi connectivity index (χ3n) is 2.11. The fourth-order valence-corrected chi connectivity index (χ4v) is 1.13. The topological polar surface area (TPSA) is 95.6 Å². The Hall–Kier alpha value is -0.650. The van der Waals surface area contributed by atoms with Crippen molar-refractivity contribution in [1.29, 1.82) is 0 Å². The van der Waals surface area contributed by atoms with Crippen molar-refractivity contribution in [3.8, 4) is 0 Å². The molecule has 5 N–H and O–H groups in total. The van der Waals surface area contributed by atoms with Crippen LogP contribution >= 0.6 is 0 Å². The second kappa shape index (κ2) is 6.76. The molecule has 2 atom stereocenters. The summed E-state index contributed by atoms with van der Waals surface area (Å²) in [5.74, 6) is -0.190. The average molecular weight is 218 g/mol. The van der Waals surface area contributed by atoms with Crippen molar-refractivity contribution in [1.82, 2.24) is 5.32 Å². The standard InChI is InChI=1S/C10H22N2O3/c1-3-4-8(11)5-9(14)12-6-10(2,15)7-13/h8,13,15H,3-7,11H2,1-2H3,(H,12,14). The molecule has 90 valence electrons. The van der Waals surface area contributed by atoms with Crippen molar-refractivity contribution in [3.05, 3.63) is 0 Å². The highest BCUT2D eigenvalue weighted by Gasteiger charge is 2.20. The summed E-state index contributed by atoms with van der Waals surface area (Å²) in [6, 6.07) is -0.130. The third kappa shape index (κ3) is 7.30. The van der Waals surface area contributed by atoms with Crippen molar-refractivity contribution in [2.75, 3.05) is 13.2 Å². The van der Waals surface area contributed by atoms with Gasteiger partial charge in [0, 0.05) is 19.0 Å². The third-order valence-corrected chi connectivity index (χ3v) is 2.11. The minimum Gasteiger partial charge on any atom is -0.393 e. The number of hydrogen-bond acceptors (Lipinski definition) is 4. The Labute approximate surface area is 90.7 Å². The maximum Gasteiger partial charge on any atom is 0.221 e. The minimum atomic E-state index is -1.26. The van der Waals surface area contributed by atoms with Crippen LogP contribution in [0.15, 0.2) is 0 Å². The number of carbonyl (C=O) groups excluding carboxylic acids is 1. The van der Waals surface area contributed by atoms with Gasteiger partial charge in [-0.1, -0.05) is 13.3 Å². The van der Waals surface area contributed by atoms with Crippen LogP contribution in [-0.4, -0.2) is 40.9 Å². The normalized spacial score (nSPS) is 16.9. The highest BCUT2D eigenvalue weighted by Crippen LogP contribution is 2.01. The van der Waals surface area contributed by atoms with E-state index >= 15 is 0 Å². The van der Waals surface area contributed by atoms with E-state index in [9.17, 15) is 9.90 Å². The van der Waals surface area contributed by atoms with E-state index in [4.69, 9.17) is 10.8 Å². The maximum atomic E-state index is 11.3. The maximum absolute atomic E-state index is 11.3. The number of hydrogen-bond donors (Lipinski definition) is 4. The molecule has 0 saturated carbocycles. The number of aliphatic hydroxyl groups is 2. The summed E-state index contributed by atoms with van der Waals surface area (Å²) in [4.78, 5) is 11.3. The van der Waals surface area contributed by atoms with Crippen LogP contribution < -0.4 is 11.1 Å². The number of nitrogens with two attached hydrogens (primary N) is 1. The molecule has 0 aromatic carbocycles. The van der Waals surface area contributed by atoms with Crippen LogP contribution in [0.1, 0.15) is 33.1 Å². The van der Waals surface area contributed by atoms with E-state index in [0.29, 0.717) is 0 Å². The molecule has 0 heterocycles. The molecule has 0 aromatic heterocycles. The van der Waals surface area contributed by atoms with Gasteiger partial charge in [0.25, 0.3) is 0 Å². The molecular weight excluding hydrogens is 196 g/mol. The molecule has 0 rings (SSSR count). The number of carbonyl (C=O) groups is 1. The van der Waals surface area contributed by atoms with Gasteiger partial charge in [-0.3, -0.25) is 4.79 Å². The van der Waals surface area contributed by atoms with Gasteiger partial charge in [0.05, 0.1) is 6.61 Å². The van der Waals surface area contributed by atoms with Gasteiger partial charge in [-0.25, -0.2) is 0 Å². The van der Waals surface area contributed by atoms with Crippen LogP contribution in [0.3, 0.4) is 0 Å². The lowest BCUT2D eigenvalue weighted by molar-refractivity contribution is -0.122. The molecule has 5 heteroatoms. The van der Waals surface area contributed by atoms with E-state index in [0.717, 1.165) is 12.8 Å². The Bertz CT molecular complexity index is 195. The summed E-state index contributed by atoms with van der Waals surface area (Å²) in [5.41, 5.74) is 4.42. The Morgan fingerprint density at radius 2 is 2.20 bits per heavy atom. The molecule has 2 unspecified atom stereocenters. The Kier molecular flexibility index (Phi) is 6.47. The lowest BCUT2D eigenvalue weighted by atomic mass is 10.1. The first-order chi connectivity index (χ1) is 6.91. The molecule has 15 heavy (non-hydrogen) atoms. The van der Waals surface area contributed by atoms with Crippen molar-refractivity contribution in [3.63, 3.8) is 0 Å². The SMILES string of the molecule is CCCC(N)CC(=O)NCC(C)(O)CO. The van der Waals surface area contributed by atoms with Crippen LogP contribution in [0, 0.1) is 0 Å². The van der Waals surface area contributed by atoms with Gasteiger partial charge in [0.15, 0.2) is 0 Å². The van der Waals surface area contributed by atoms with Gasteiger partial charge < -0.3 is 21.3 Å². The van der Waals surface area contributed by atoms with Crippen molar-refractivity contribution in [2.45, 2.75) is 44.8 Å². The first-order valence-corrected chi connectivity index (χ1v) is 5.27. The Morgan fingerprint density at radius 1 is 1.60 bits per heavy atom. The molecule has 5 nitrogen and oxygen atoms in total. The second-order valence-corrected chi connectivity index (χ2v) is 4.18. The van der Waals surface area contributed by atoms with Crippen molar-refractivity contribution >= 4 is 5.91 Å². The summed E-state index contributed by atoms with van der Waals surface area (Å²) in [7, 11) is 0. The van der Waals surface area contributed by atoms with E-state index in [2.05, 4.69) is 5.32 Å². The molecule has 0 aromatic rings. The fraction of sp³-hybridized carbons (Fsp3) is 0.900. The summed E-state index contributed by atoms with van der Waals surface area (Å²) in [6.07, 6.45) is 2.02. The zero-order valence-corrected chi connectivity index (χ0v) is 9.49. The second-order valence-electron chi connectivity index (χ2n) is 4.18. The van der Waals surface area contributed by atoms with Gasteiger partial charge in [-0.05, 0) is 13.3 Å². The van der Waals surface area contributed by atoms with E-state index in [1.807, 2.05) is 6.92 Å². The van der Waals surface area contributed by atoms with Gasteiger partial charge in [0.2, 0.25) is 5.91 Å². The van der Waals surface area contributed by atoms with E-state index in [1.165, 1.54) is 6.92 Å². The van der Waals surface area contributed by atoms with E-state index in [1.54, 1.807) is 0 Å². The summed E-state index contributed by atoms with van der Waals surface area (Å²) in [6.45, 7) is 3.13. The number of nitrogens with one attached hydrogen (secondary N) is 1. The van der Waals surface area contributed by atoms with Crippen molar-refractivity contribution < 1.29 is 15.0 Å². The molecule has 0 radical (unpaired) electrons. The van der Waals surface area contributed by atoms with Crippen LogP contribution in [0.5, 0.6) is 0 Å². The lowest BCUT2D eigenvalue weighted by Gasteiger charge is -2.21. The summed E-state index contributed by atoms with van der Waals surface area (Å²) < 4.78 is 0. The number of amides is 1. The molecule has 0 fully saturated rings. The average Bonchev–Trinajstić information content (AvgIpc) is 2.15. The molecule has 0 aliphatic heterocycles. The highest BCUT2D eigenvalue weighted by molar-refractivity contribution is 5.76. The van der Waals surface area contributed by atoms with Crippen LogP contribution in [0.25, 0.3) is 0 Å². The Balaban J connectivity index is 3.75. The van der Waals surface area contributed by atoms with Crippen LogP contribution in [-0.2, 0) is 4.79 Å². The quantitative estimate of drug-likeness (QED) is 0.457. The van der Waals surface area contributed by atoms with E-state index < -0.39 is 5.60 Å². The largest absolute Gasteiger partial charge is 0.393 e. The summed E-state index contributed by atoms with van der Waals surface area (Å²) in [5, 5.41) is 20.7. The molecule has 0 bridgehead atoms. The number of aliphatic hydroxyl groups excluding tert-OH is 1. The molecular formula is C10H22N2O3. The van der Waals surface area contributed by atoms with Gasteiger partial charge >= 0.3 is 0 Å². The fourth-order valence-electron chi connectivity index (χ4n) is 1.13. The molecule has 0 aliphatic rings. The molecule has 0 spiro atoms. The monoisotopic (exact) mass is 218 g/mol. The summed E-state index contributed by atoms with van der Waals surface area (Å²) >= 11 is 0. The molecule has 0 saturated heterocycles. The zero-order valence-electron chi connectivity index (χ0n) is 9.49. The number of rotatable bonds is 7. The van der Waals surface area contributed by atoms with Gasteiger partial charge in [-0.2, -0.15) is 0 Å².